The Bertz CT molecular complexity index is 629. The fourth-order valence-electron chi connectivity index (χ4n) is 1.67. The maximum Gasteiger partial charge on any atom is 0.340 e. The predicted octanol–water partition coefficient (Wildman–Crippen LogP) is 3.01. The van der Waals surface area contributed by atoms with E-state index in [2.05, 4.69) is 9.97 Å². The molecule has 0 bridgehead atoms. The SMILES string of the molecule is CSc1nc(-c2ccc(F)cc2)nc(C)c1C(=O)O. The summed E-state index contributed by atoms with van der Waals surface area (Å²) in [5.41, 5.74) is 1.15. The Morgan fingerprint density at radius 2 is 1.89 bits per heavy atom. The summed E-state index contributed by atoms with van der Waals surface area (Å²) in [7, 11) is 0. The van der Waals surface area contributed by atoms with Crippen molar-refractivity contribution in [1.29, 1.82) is 0 Å². The fourth-order valence-corrected chi connectivity index (χ4v) is 2.29. The molecular weight excluding hydrogens is 267 g/mol. The number of aromatic carboxylic acids is 1. The summed E-state index contributed by atoms with van der Waals surface area (Å²) in [4.78, 5) is 19.5. The molecule has 0 saturated heterocycles. The molecule has 1 aromatic carbocycles. The lowest BCUT2D eigenvalue weighted by atomic mass is 10.2. The van der Waals surface area contributed by atoms with Crippen molar-refractivity contribution in [2.24, 2.45) is 0 Å². The Morgan fingerprint density at radius 3 is 2.42 bits per heavy atom. The number of rotatable bonds is 3. The summed E-state index contributed by atoms with van der Waals surface area (Å²) in [6.07, 6.45) is 1.75. The monoisotopic (exact) mass is 278 g/mol. The Balaban J connectivity index is 2.57. The van der Waals surface area contributed by atoms with Gasteiger partial charge in [-0.25, -0.2) is 19.2 Å². The molecule has 0 amide bonds. The molecule has 1 aromatic heterocycles. The quantitative estimate of drug-likeness (QED) is 0.690. The van der Waals surface area contributed by atoms with E-state index in [-0.39, 0.29) is 11.4 Å². The molecule has 0 spiro atoms. The summed E-state index contributed by atoms with van der Waals surface area (Å²) >= 11 is 1.24. The molecule has 0 aliphatic carbocycles. The number of nitrogens with zero attached hydrogens (tertiary/aromatic N) is 2. The molecule has 1 heterocycles. The highest BCUT2D eigenvalue weighted by Crippen LogP contribution is 2.24. The number of thioether (sulfide) groups is 1. The van der Waals surface area contributed by atoms with E-state index in [0.717, 1.165) is 0 Å². The van der Waals surface area contributed by atoms with Crippen LogP contribution in [0.25, 0.3) is 11.4 Å². The van der Waals surface area contributed by atoms with Crippen molar-refractivity contribution in [1.82, 2.24) is 9.97 Å². The Labute approximate surface area is 113 Å². The summed E-state index contributed by atoms with van der Waals surface area (Å²) in [6, 6.07) is 5.76. The first-order valence-electron chi connectivity index (χ1n) is 5.44. The number of hydrogen-bond donors (Lipinski definition) is 1. The average molecular weight is 278 g/mol. The van der Waals surface area contributed by atoms with E-state index in [1.54, 1.807) is 25.3 Å². The molecule has 2 aromatic rings. The van der Waals surface area contributed by atoms with Crippen LogP contribution in [0.3, 0.4) is 0 Å². The molecule has 0 aliphatic heterocycles. The number of halogens is 1. The smallest absolute Gasteiger partial charge is 0.340 e. The molecule has 4 nitrogen and oxygen atoms in total. The van der Waals surface area contributed by atoms with E-state index in [1.165, 1.54) is 23.9 Å². The van der Waals surface area contributed by atoms with Gasteiger partial charge < -0.3 is 5.11 Å². The Hall–Kier alpha value is -1.95. The van der Waals surface area contributed by atoms with Gasteiger partial charge in [0, 0.05) is 5.56 Å². The first-order valence-corrected chi connectivity index (χ1v) is 6.67. The lowest BCUT2D eigenvalue weighted by Crippen LogP contribution is -2.07. The lowest BCUT2D eigenvalue weighted by Gasteiger charge is -2.08. The second kappa shape index (κ2) is 5.36. The van der Waals surface area contributed by atoms with Crippen LogP contribution in [0.1, 0.15) is 16.1 Å². The van der Waals surface area contributed by atoms with Crippen LogP contribution in [0.2, 0.25) is 0 Å². The number of carbonyl (C=O) groups is 1. The van der Waals surface area contributed by atoms with Crippen molar-refractivity contribution in [3.05, 3.63) is 41.3 Å². The third-order valence-electron chi connectivity index (χ3n) is 2.57. The van der Waals surface area contributed by atoms with Crippen LogP contribution in [0.4, 0.5) is 4.39 Å². The molecule has 2 rings (SSSR count). The van der Waals surface area contributed by atoms with E-state index in [4.69, 9.17) is 5.11 Å². The molecule has 0 atom stereocenters. The normalized spacial score (nSPS) is 10.5. The average Bonchev–Trinajstić information content (AvgIpc) is 2.38. The zero-order chi connectivity index (χ0) is 14.0. The number of carboxylic acid groups (broad SMARTS) is 1. The van der Waals surface area contributed by atoms with Crippen LogP contribution in [0, 0.1) is 12.7 Å². The largest absolute Gasteiger partial charge is 0.478 e. The van der Waals surface area contributed by atoms with Gasteiger partial charge in [-0.15, -0.1) is 11.8 Å². The van der Waals surface area contributed by atoms with Gasteiger partial charge in [0.1, 0.15) is 16.4 Å². The van der Waals surface area contributed by atoms with Gasteiger partial charge in [0.25, 0.3) is 0 Å². The van der Waals surface area contributed by atoms with Gasteiger partial charge in [-0.05, 0) is 37.4 Å². The van der Waals surface area contributed by atoms with Crippen LogP contribution in [-0.2, 0) is 0 Å². The van der Waals surface area contributed by atoms with Crippen LogP contribution in [0.15, 0.2) is 29.3 Å². The third-order valence-corrected chi connectivity index (χ3v) is 3.25. The Kier molecular flexibility index (Phi) is 3.80. The molecule has 0 saturated carbocycles. The predicted molar refractivity (Wildman–Crippen MR) is 70.9 cm³/mol. The molecular formula is C13H11FN2O2S. The van der Waals surface area contributed by atoms with Crippen LogP contribution >= 0.6 is 11.8 Å². The fraction of sp³-hybridized carbons (Fsp3) is 0.154. The molecule has 0 fully saturated rings. The summed E-state index contributed by atoms with van der Waals surface area (Å²) in [6.45, 7) is 1.62. The molecule has 6 heteroatoms. The van der Waals surface area contributed by atoms with Gasteiger partial charge in [0.05, 0.1) is 5.69 Å². The number of carboxylic acids is 1. The zero-order valence-electron chi connectivity index (χ0n) is 10.3. The topological polar surface area (TPSA) is 63.1 Å². The minimum absolute atomic E-state index is 0.110. The summed E-state index contributed by atoms with van der Waals surface area (Å²) in [5, 5.41) is 9.53. The van der Waals surface area contributed by atoms with Gasteiger partial charge in [-0.1, -0.05) is 0 Å². The molecule has 19 heavy (non-hydrogen) atoms. The van der Waals surface area contributed by atoms with Crippen molar-refractivity contribution in [3.63, 3.8) is 0 Å². The highest BCUT2D eigenvalue weighted by molar-refractivity contribution is 7.98. The molecule has 0 radical (unpaired) electrons. The highest BCUT2D eigenvalue weighted by Gasteiger charge is 2.17. The van der Waals surface area contributed by atoms with Crippen molar-refractivity contribution in [3.8, 4) is 11.4 Å². The van der Waals surface area contributed by atoms with Gasteiger partial charge in [-0.3, -0.25) is 0 Å². The van der Waals surface area contributed by atoms with Crippen molar-refractivity contribution in [2.75, 3.05) is 6.26 Å². The van der Waals surface area contributed by atoms with Gasteiger partial charge in [0.15, 0.2) is 5.82 Å². The van der Waals surface area contributed by atoms with Gasteiger partial charge in [-0.2, -0.15) is 0 Å². The number of aromatic nitrogens is 2. The second-order valence-corrected chi connectivity index (χ2v) is 4.62. The number of aryl methyl sites for hydroxylation is 1. The second-order valence-electron chi connectivity index (χ2n) is 3.83. The maximum absolute atomic E-state index is 12.9. The van der Waals surface area contributed by atoms with E-state index < -0.39 is 5.97 Å². The molecule has 1 N–H and O–H groups in total. The van der Waals surface area contributed by atoms with Gasteiger partial charge in [0.2, 0.25) is 0 Å². The van der Waals surface area contributed by atoms with Crippen molar-refractivity contribution >= 4 is 17.7 Å². The minimum Gasteiger partial charge on any atom is -0.478 e. The molecule has 0 aliphatic rings. The van der Waals surface area contributed by atoms with Crippen molar-refractivity contribution < 1.29 is 14.3 Å². The van der Waals surface area contributed by atoms with E-state index in [9.17, 15) is 9.18 Å². The zero-order valence-corrected chi connectivity index (χ0v) is 11.2. The van der Waals surface area contributed by atoms with E-state index in [1.807, 2.05) is 0 Å². The molecule has 0 unspecified atom stereocenters. The first-order chi connectivity index (χ1) is 9.02. The minimum atomic E-state index is -1.05. The van der Waals surface area contributed by atoms with Crippen LogP contribution < -0.4 is 0 Å². The molecule has 98 valence electrons. The first kappa shape index (κ1) is 13.5. The van der Waals surface area contributed by atoms with E-state index in [0.29, 0.717) is 22.1 Å². The van der Waals surface area contributed by atoms with Crippen LogP contribution in [-0.4, -0.2) is 27.3 Å². The summed E-state index contributed by atoms with van der Waals surface area (Å²) in [5.74, 6) is -0.993. The Morgan fingerprint density at radius 1 is 1.26 bits per heavy atom. The van der Waals surface area contributed by atoms with E-state index >= 15 is 0 Å². The lowest BCUT2D eigenvalue weighted by molar-refractivity contribution is 0.0691. The standard InChI is InChI=1S/C13H11FN2O2S/c1-7-10(13(17)18)12(19-2)16-11(15-7)8-3-5-9(14)6-4-8/h3-6H,1-2H3,(H,17,18). The third kappa shape index (κ3) is 2.73. The maximum atomic E-state index is 12.9. The van der Waals surface area contributed by atoms with Crippen LogP contribution in [0.5, 0.6) is 0 Å². The summed E-state index contributed by atoms with van der Waals surface area (Å²) < 4.78 is 12.9. The number of benzene rings is 1. The van der Waals surface area contributed by atoms with Gasteiger partial charge >= 0.3 is 5.97 Å². The highest BCUT2D eigenvalue weighted by atomic mass is 32.2. The van der Waals surface area contributed by atoms with Crippen molar-refractivity contribution in [2.45, 2.75) is 11.9 Å². The number of hydrogen-bond acceptors (Lipinski definition) is 4.